The van der Waals surface area contributed by atoms with Crippen LogP contribution in [0.5, 0.6) is 0 Å². The minimum Gasteiger partial charge on any atom is -0.407 e. The van der Waals surface area contributed by atoms with Crippen LogP contribution >= 0.6 is 0 Å². The molecule has 0 aliphatic rings. The molecule has 28 heavy (non-hydrogen) atoms. The van der Waals surface area contributed by atoms with Crippen molar-refractivity contribution in [2.45, 2.75) is 58.0 Å². The molecule has 2 aromatic carbocycles. The van der Waals surface area contributed by atoms with E-state index in [0.717, 1.165) is 0 Å². The second-order valence-corrected chi connectivity index (χ2v) is 18.4. The minimum absolute atomic E-state index is 0.0509. The maximum Gasteiger partial charge on any atom is 0.261 e. The van der Waals surface area contributed by atoms with Gasteiger partial charge in [0.1, 0.15) is 14.2 Å². The standard InChI is InChI=1S/C24H34O2Si2/c1-24(2,3)28(22-13-9-7-10-14-22,23-15-11-8-12-16-23)26-19-17-21(25)18-20-27(4,5)6/h7-16,21,25H,17,19H2,1-6H3/t21-/m0/s1. The Balaban J connectivity index is 2.35. The van der Waals surface area contributed by atoms with Crippen molar-refractivity contribution in [1.29, 1.82) is 0 Å². The molecule has 0 aliphatic carbocycles. The van der Waals surface area contributed by atoms with Crippen molar-refractivity contribution >= 4 is 26.8 Å². The number of hydrogen-bond donors (Lipinski definition) is 1. The lowest BCUT2D eigenvalue weighted by Gasteiger charge is -2.43. The summed E-state index contributed by atoms with van der Waals surface area (Å²) in [4.78, 5) is 0. The smallest absolute Gasteiger partial charge is 0.261 e. The summed E-state index contributed by atoms with van der Waals surface area (Å²) in [5.74, 6) is 3.03. The van der Waals surface area contributed by atoms with Gasteiger partial charge >= 0.3 is 0 Å². The first kappa shape index (κ1) is 22.6. The predicted octanol–water partition coefficient (Wildman–Crippen LogP) is 4.19. The Labute approximate surface area is 173 Å². The lowest BCUT2D eigenvalue weighted by molar-refractivity contribution is 0.181. The molecule has 4 heteroatoms. The Kier molecular flexibility index (Phi) is 7.47. The molecular weight excluding hydrogens is 376 g/mol. The Morgan fingerprint density at radius 3 is 1.75 bits per heavy atom. The molecule has 1 N–H and O–H groups in total. The van der Waals surface area contributed by atoms with E-state index in [1.165, 1.54) is 10.4 Å². The molecule has 2 rings (SSSR count). The average Bonchev–Trinajstić information content (AvgIpc) is 2.63. The van der Waals surface area contributed by atoms with Gasteiger partial charge in [-0.15, -0.1) is 5.54 Å². The summed E-state index contributed by atoms with van der Waals surface area (Å²) in [5, 5.41) is 12.8. The van der Waals surface area contributed by atoms with Gasteiger partial charge in [-0.25, -0.2) is 0 Å². The van der Waals surface area contributed by atoms with Crippen LogP contribution in [0.1, 0.15) is 27.2 Å². The minimum atomic E-state index is -2.53. The molecule has 0 saturated carbocycles. The van der Waals surface area contributed by atoms with Crippen LogP contribution < -0.4 is 10.4 Å². The van der Waals surface area contributed by atoms with Crippen LogP contribution in [0.4, 0.5) is 0 Å². The first-order valence-corrected chi connectivity index (χ1v) is 15.4. The summed E-state index contributed by atoms with van der Waals surface area (Å²) in [6, 6.07) is 21.2. The van der Waals surface area contributed by atoms with Crippen molar-refractivity contribution in [3.63, 3.8) is 0 Å². The zero-order chi connectivity index (χ0) is 20.8. The average molecular weight is 411 g/mol. The van der Waals surface area contributed by atoms with Gasteiger partial charge in [-0.1, -0.05) is 107 Å². The molecular formula is C24H34O2Si2. The Morgan fingerprint density at radius 1 is 0.893 bits per heavy atom. The highest BCUT2D eigenvalue weighted by molar-refractivity contribution is 6.99. The predicted molar refractivity (Wildman–Crippen MR) is 125 cm³/mol. The van der Waals surface area contributed by atoms with Gasteiger partial charge in [0.2, 0.25) is 0 Å². The Bertz CT molecular complexity index is 754. The molecule has 0 bridgehead atoms. The highest BCUT2D eigenvalue weighted by Crippen LogP contribution is 2.36. The van der Waals surface area contributed by atoms with Gasteiger partial charge in [0.25, 0.3) is 8.32 Å². The van der Waals surface area contributed by atoms with Gasteiger partial charge < -0.3 is 9.53 Å². The first-order valence-electron chi connectivity index (χ1n) is 10.0. The third-order valence-corrected chi connectivity index (χ3v) is 10.7. The monoisotopic (exact) mass is 410 g/mol. The third kappa shape index (κ3) is 5.68. The highest BCUT2D eigenvalue weighted by Gasteiger charge is 2.50. The Morgan fingerprint density at radius 2 is 1.36 bits per heavy atom. The number of rotatable bonds is 6. The third-order valence-electron chi connectivity index (χ3n) is 4.74. The SMILES string of the molecule is CC(C)(C)[Si](OCC[C@H](O)C#C[Si](C)(C)C)(c1ccccc1)c1ccccc1. The van der Waals surface area contributed by atoms with E-state index in [1.54, 1.807) is 0 Å². The summed E-state index contributed by atoms with van der Waals surface area (Å²) in [7, 11) is -4.01. The fraction of sp³-hybridized carbons (Fsp3) is 0.417. The van der Waals surface area contributed by atoms with Crippen LogP contribution in [0, 0.1) is 11.5 Å². The molecule has 2 aromatic rings. The summed E-state index contributed by atoms with van der Waals surface area (Å²) in [5.41, 5.74) is 3.26. The fourth-order valence-electron chi connectivity index (χ4n) is 3.46. The molecule has 0 radical (unpaired) electrons. The normalized spacial score (nSPS) is 13.5. The van der Waals surface area contributed by atoms with Crippen molar-refractivity contribution in [3.05, 3.63) is 60.7 Å². The fourth-order valence-corrected chi connectivity index (χ4v) is 8.64. The van der Waals surface area contributed by atoms with Crippen LogP contribution in [0.2, 0.25) is 24.7 Å². The van der Waals surface area contributed by atoms with Crippen LogP contribution in [0.25, 0.3) is 0 Å². The van der Waals surface area contributed by atoms with Crippen molar-refractivity contribution in [3.8, 4) is 11.5 Å². The molecule has 1 atom stereocenters. The number of aliphatic hydroxyl groups excluding tert-OH is 1. The van der Waals surface area contributed by atoms with E-state index in [9.17, 15) is 5.11 Å². The molecule has 0 saturated heterocycles. The number of benzene rings is 2. The van der Waals surface area contributed by atoms with E-state index in [4.69, 9.17) is 4.43 Å². The van der Waals surface area contributed by atoms with Crippen LogP contribution in [0.15, 0.2) is 60.7 Å². The molecule has 2 nitrogen and oxygen atoms in total. The maximum atomic E-state index is 10.3. The quantitative estimate of drug-likeness (QED) is 0.571. The van der Waals surface area contributed by atoms with Crippen LogP contribution in [0.3, 0.4) is 0 Å². The zero-order valence-electron chi connectivity index (χ0n) is 18.1. The van der Waals surface area contributed by atoms with Crippen LogP contribution in [-0.4, -0.2) is 34.2 Å². The molecule has 0 unspecified atom stereocenters. The lowest BCUT2D eigenvalue weighted by Crippen LogP contribution is -2.66. The topological polar surface area (TPSA) is 29.5 Å². The molecule has 0 amide bonds. The largest absolute Gasteiger partial charge is 0.407 e. The van der Waals surface area contributed by atoms with E-state index in [1.807, 2.05) is 12.1 Å². The summed E-state index contributed by atoms with van der Waals surface area (Å²) >= 11 is 0. The summed E-state index contributed by atoms with van der Waals surface area (Å²) in [6.07, 6.45) is -0.105. The molecule has 0 fully saturated rings. The molecule has 150 valence electrons. The van der Waals surface area contributed by atoms with E-state index in [-0.39, 0.29) is 5.04 Å². The molecule has 0 spiro atoms. The molecule has 0 aliphatic heterocycles. The van der Waals surface area contributed by atoms with Gasteiger partial charge in [-0.05, 0) is 15.4 Å². The van der Waals surface area contributed by atoms with E-state index >= 15 is 0 Å². The molecule has 0 heterocycles. The van der Waals surface area contributed by atoms with Gasteiger partial charge in [-0.2, -0.15) is 0 Å². The van der Waals surface area contributed by atoms with Crippen molar-refractivity contribution in [1.82, 2.24) is 0 Å². The summed E-state index contributed by atoms with van der Waals surface area (Å²) in [6.45, 7) is 13.8. The van der Waals surface area contributed by atoms with Gasteiger partial charge in [0.15, 0.2) is 0 Å². The second-order valence-electron chi connectivity index (χ2n) is 9.34. The van der Waals surface area contributed by atoms with Gasteiger partial charge in [0.05, 0.1) is 0 Å². The van der Waals surface area contributed by atoms with E-state index in [2.05, 4.69) is 100 Å². The second kappa shape index (κ2) is 9.23. The molecule has 0 aromatic heterocycles. The lowest BCUT2D eigenvalue weighted by atomic mass is 10.2. The number of hydrogen-bond acceptors (Lipinski definition) is 2. The number of aliphatic hydroxyl groups is 1. The zero-order valence-corrected chi connectivity index (χ0v) is 20.1. The Hall–Kier alpha value is -1.65. The van der Waals surface area contributed by atoms with Gasteiger partial charge in [-0.3, -0.25) is 0 Å². The van der Waals surface area contributed by atoms with Crippen molar-refractivity contribution in [2.75, 3.05) is 6.61 Å². The van der Waals surface area contributed by atoms with Gasteiger partial charge in [0, 0.05) is 13.0 Å². The van der Waals surface area contributed by atoms with Crippen LogP contribution in [-0.2, 0) is 4.43 Å². The first-order chi connectivity index (χ1) is 13.1. The van der Waals surface area contributed by atoms with Crippen molar-refractivity contribution < 1.29 is 9.53 Å². The summed E-state index contributed by atoms with van der Waals surface area (Å²) < 4.78 is 6.79. The van der Waals surface area contributed by atoms with E-state index < -0.39 is 22.5 Å². The van der Waals surface area contributed by atoms with Crippen molar-refractivity contribution in [2.24, 2.45) is 0 Å². The maximum absolute atomic E-state index is 10.3. The van der Waals surface area contributed by atoms with E-state index in [0.29, 0.717) is 13.0 Å². The highest BCUT2D eigenvalue weighted by atomic mass is 28.4.